The Morgan fingerprint density at radius 2 is 1.68 bits per heavy atom. The first kappa shape index (κ1) is 13.2. The van der Waals surface area contributed by atoms with Gasteiger partial charge in [-0.3, -0.25) is 4.79 Å². The maximum absolute atomic E-state index is 13.8. The molecule has 0 aliphatic rings. The van der Waals surface area contributed by atoms with Gasteiger partial charge in [0.05, 0.1) is 0 Å². The third-order valence-electron chi connectivity index (χ3n) is 2.62. The van der Waals surface area contributed by atoms with Crippen molar-refractivity contribution in [3.8, 4) is 16.9 Å². The lowest BCUT2D eigenvalue weighted by atomic mass is 10.1. The van der Waals surface area contributed by atoms with Crippen LogP contribution in [0.3, 0.4) is 0 Å². The number of halogens is 2. The number of hydrogen-bond acceptors (Lipinski definition) is 2. The van der Waals surface area contributed by atoms with Crippen LogP contribution in [-0.2, 0) is 4.79 Å². The predicted molar refractivity (Wildman–Crippen MR) is 67.7 cm³/mol. The van der Waals surface area contributed by atoms with Gasteiger partial charge in [-0.05, 0) is 35.4 Å². The second-order valence-corrected chi connectivity index (χ2v) is 3.98. The van der Waals surface area contributed by atoms with Crippen molar-refractivity contribution >= 4 is 5.97 Å². The van der Waals surface area contributed by atoms with E-state index in [1.54, 1.807) is 25.1 Å². The smallest absolute Gasteiger partial charge is 0.310 e. The van der Waals surface area contributed by atoms with Crippen molar-refractivity contribution in [3.63, 3.8) is 0 Å². The van der Waals surface area contributed by atoms with E-state index in [0.717, 1.165) is 0 Å². The molecular formula is C15H12F2O2. The Bertz CT molecular complexity index is 592. The average molecular weight is 262 g/mol. The summed E-state index contributed by atoms with van der Waals surface area (Å²) >= 11 is 0. The summed E-state index contributed by atoms with van der Waals surface area (Å²) in [6, 6.07) is 9.99. The standard InChI is InChI=1S/C15H12F2O2/c1-2-15(18)19-14-8-5-11(9-13(14)17)10-3-6-12(16)7-4-10/h3-9H,2H2,1H3. The molecular weight excluding hydrogens is 250 g/mol. The van der Waals surface area contributed by atoms with E-state index >= 15 is 0 Å². The maximum Gasteiger partial charge on any atom is 0.310 e. The van der Waals surface area contributed by atoms with Crippen molar-refractivity contribution < 1.29 is 18.3 Å². The van der Waals surface area contributed by atoms with E-state index in [2.05, 4.69) is 0 Å². The second kappa shape index (κ2) is 5.61. The first-order valence-electron chi connectivity index (χ1n) is 5.86. The molecule has 98 valence electrons. The minimum absolute atomic E-state index is 0.0993. The van der Waals surface area contributed by atoms with Crippen LogP contribution < -0.4 is 4.74 Å². The number of carbonyl (C=O) groups excluding carboxylic acids is 1. The Hall–Kier alpha value is -2.23. The molecule has 0 N–H and O–H groups in total. The van der Waals surface area contributed by atoms with Gasteiger partial charge in [-0.25, -0.2) is 8.78 Å². The van der Waals surface area contributed by atoms with Gasteiger partial charge in [-0.1, -0.05) is 25.1 Å². The fourth-order valence-corrected chi connectivity index (χ4v) is 1.60. The molecule has 0 heterocycles. The molecule has 0 fully saturated rings. The van der Waals surface area contributed by atoms with Gasteiger partial charge in [-0.2, -0.15) is 0 Å². The van der Waals surface area contributed by atoms with Crippen molar-refractivity contribution in [2.75, 3.05) is 0 Å². The molecule has 0 saturated carbocycles. The zero-order valence-corrected chi connectivity index (χ0v) is 10.3. The summed E-state index contributed by atoms with van der Waals surface area (Å²) in [4.78, 5) is 11.1. The SMILES string of the molecule is CCC(=O)Oc1ccc(-c2ccc(F)cc2)cc1F. The number of esters is 1. The zero-order valence-electron chi connectivity index (χ0n) is 10.3. The number of benzene rings is 2. The Morgan fingerprint density at radius 3 is 2.26 bits per heavy atom. The van der Waals surface area contributed by atoms with Crippen LogP contribution in [0.4, 0.5) is 8.78 Å². The highest BCUT2D eigenvalue weighted by Crippen LogP contribution is 2.26. The van der Waals surface area contributed by atoms with Crippen LogP contribution in [-0.4, -0.2) is 5.97 Å². The van der Waals surface area contributed by atoms with Crippen molar-refractivity contribution in [1.82, 2.24) is 0 Å². The van der Waals surface area contributed by atoms with E-state index in [9.17, 15) is 13.6 Å². The van der Waals surface area contributed by atoms with E-state index in [1.165, 1.54) is 24.3 Å². The fourth-order valence-electron chi connectivity index (χ4n) is 1.60. The molecule has 0 amide bonds. The third-order valence-corrected chi connectivity index (χ3v) is 2.62. The summed E-state index contributed by atoms with van der Waals surface area (Å²) in [6.45, 7) is 1.63. The molecule has 2 aromatic carbocycles. The molecule has 2 rings (SSSR count). The Morgan fingerprint density at radius 1 is 1.05 bits per heavy atom. The largest absolute Gasteiger partial charge is 0.423 e. The highest BCUT2D eigenvalue weighted by molar-refractivity contribution is 5.72. The van der Waals surface area contributed by atoms with Crippen molar-refractivity contribution in [3.05, 3.63) is 54.1 Å². The number of ether oxygens (including phenoxy) is 1. The molecule has 0 aliphatic carbocycles. The summed E-state index contributed by atoms with van der Waals surface area (Å²) in [7, 11) is 0. The topological polar surface area (TPSA) is 26.3 Å². The Balaban J connectivity index is 2.28. The molecule has 0 aliphatic heterocycles. The molecule has 0 saturated heterocycles. The van der Waals surface area contributed by atoms with Crippen molar-refractivity contribution in [1.29, 1.82) is 0 Å². The molecule has 0 unspecified atom stereocenters. The van der Waals surface area contributed by atoms with Crippen LogP contribution in [0, 0.1) is 11.6 Å². The van der Waals surface area contributed by atoms with E-state index < -0.39 is 11.8 Å². The Kier molecular flexibility index (Phi) is 3.90. The summed E-state index contributed by atoms with van der Waals surface area (Å²) in [5, 5.41) is 0. The zero-order chi connectivity index (χ0) is 13.8. The van der Waals surface area contributed by atoms with Gasteiger partial charge in [0.25, 0.3) is 0 Å². The normalized spacial score (nSPS) is 10.3. The lowest BCUT2D eigenvalue weighted by Crippen LogP contribution is -2.06. The van der Waals surface area contributed by atoms with Gasteiger partial charge in [0, 0.05) is 6.42 Å². The van der Waals surface area contributed by atoms with Crippen LogP contribution in [0.2, 0.25) is 0 Å². The monoisotopic (exact) mass is 262 g/mol. The quantitative estimate of drug-likeness (QED) is 0.618. The van der Waals surface area contributed by atoms with Crippen LogP contribution >= 0.6 is 0 Å². The van der Waals surface area contributed by atoms with E-state index in [-0.39, 0.29) is 18.0 Å². The predicted octanol–water partition coefficient (Wildman–Crippen LogP) is 3.95. The second-order valence-electron chi connectivity index (χ2n) is 3.98. The first-order valence-corrected chi connectivity index (χ1v) is 5.86. The lowest BCUT2D eigenvalue weighted by molar-refractivity contribution is -0.134. The molecule has 0 bridgehead atoms. The van der Waals surface area contributed by atoms with Gasteiger partial charge in [0.1, 0.15) is 5.82 Å². The van der Waals surface area contributed by atoms with Crippen molar-refractivity contribution in [2.45, 2.75) is 13.3 Å². The summed E-state index contributed by atoms with van der Waals surface area (Å²) in [6.07, 6.45) is 0.180. The summed E-state index contributed by atoms with van der Waals surface area (Å²) < 4.78 is 31.4. The van der Waals surface area contributed by atoms with Crippen LogP contribution in [0.15, 0.2) is 42.5 Å². The molecule has 0 radical (unpaired) electrons. The molecule has 0 spiro atoms. The molecule has 0 atom stereocenters. The van der Waals surface area contributed by atoms with E-state index in [0.29, 0.717) is 11.1 Å². The third kappa shape index (κ3) is 3.16. The maximum atomic E-state index is 13.8. The fraction of sp³-hybridized carbons (Fsp3) is 0.133. The number of rotatable bonds is 3. The molecule has 2 aromatic rings. The molecule has 4 heteroatoms. The summed E-state index contributed by atoms with van der Waals surface area (Å²) in [5.41, 5.74) is 1.28. The van der Waals surface area contributed by atoms with Gasteiger partial charge in [0.2, 0.25) is 0 Å². The van der Waals surface area contributed by atoms with E-state index in [4.69, 9.17) is 4.74 Å². The van der Waals surface area contributed by atoms with Crippen LogP contribution in [0.25, 0.3) is 11.1 Å². The van der Waals surface area contributed by atoms with Crippen molar-refractivity contribution in [2.24, 2.45) is 0 Å². The first-order chi connectivity index (χ1) is 9.10. The van der Waals surface area contributed by atoms with Crippen LogP contribution in [0.5, 0.6) is 5.75 Å². The molecule has 19 heavy (non-hydrogen) atoms. The van der Waals surface area contributed by atoms with Gasteiger partial charge in [-0.15, -0.1) is 0 Å². The molecule has 0 aromatic heterocycles. The number of hydrogen-bond donors (Lipinski definition) is 0. The molecule has 2 nitrogen and oxygen atoms in total. The minimum Gasteiger partial charge on any atom is -0.423 e. The highest BCUT2D eigenvalue weighted by atomic mass is 19.1. The number of carbonyl (C=O) groups is 1. The average Bonchev–Trinajstić information content (AvgIpc) is 2.41. The highest BCUT2D eigenvalue weighted by Gasteiger charge is 2.09. The minimum atomic E-state index is -0.622. The van der Waals surface area contributed by atoms with Crippen LogP contribution in [0.1, 0.15) is 13.3 Å². The summed E-state index contributed by atoms with van der Waals surface area (Å²) in [5.74, 6) is -1.56. The lowest BCUT2D eigenvalue weighted by Gasteiger charge is -2.06. The van der Waals surface area contributed by atoms with E-state index in [1.807, 2.05) is 0 Å². The van der Waals surface area contributed by atoms with Gasteiger partial charge in [0.15, 0.2) is 11.6 Å². The van der Waals surface area contributed by atoms with Gasteiger partial charge >= 0.3 is 5.97 Å². The van der Waals surface area contributed by atoms with Gasteiger partial charge < -0.3 is 4.74 Å². The Labute approximate surface area is 109 Å².